The van der Waals surface area contributed by atoms with Gasteiger partial charge in [0.25, 0.3) is 0 Å². The lowest BCUT2D eigenvalue weighted by Crippen LogP contribution is -1.91. The van der Waals surface area contributed by atoms with Crippen LogP contribution >= 0.6 is 0 Å². The first-order valence-electron chi connectivity index (χ1n) is 1.89. The van der Waals surface area contributed by atoms with Gasteiger partial charge in [0.2, 0.25) is 0 Å². The van der Waals surface area contributed by atoms with Crippen LogP contribution in [0.5, 0.6) is 0 Å². The number of aromatic amines is 1. The molecule has 0 aliphatic rings. The fraction of sp³-hybridized carbons (Fsp3) is 0.500. The Labute approximate surface area is 45.9 Å². The minimum absolute atomic E-state index is 1.40. The topological polar surface area (TPSA) is 86.7 Å². The average Bonchev–Trinajstić information content (AvgIpc) is 2.17. The fourth-order valence-electron chi connectivity index (χ4n) is 0.129. The molecule has 1 heterocycles. The fourth-order valence-corrected chi connectivity index (χ4v) is 0.129. The van der Waals surface area contributed by atoms with Crippen molar-refractivity contribution in [3.63, 3.8) is 0 Å². The van der Waals surface area contributed by atoms with E-state index < -0.39 is 0 Å². The molecule has 3 N–H and O–H groups in total. The number of hydrogen-bond acceptors (Lipinski definition) is 5. The van der Waals surface area contributed by atoms with E-state index in [9.17, 15) is 0 Å². The maximum atomic E-state index is 7.32. The molecule has 0 saturated heterocycles. The first kappa shape index (κ1) is 6.99. The summed E-state index contributed by atoms with van der Waals surface area (Å²) in [5, 5.41) is 19.4. The van der Waals surface area contributed by atoms with Gasteiger partial charge in [-0.05, 0) is 10.4 Å². The third-order valence-corrected chi connectivity index (χ3v) is 0.270. The summed E-state index contributed by atoms with van der Waals surface area (Å²) in [4.78, 5) is 0. The van der Waals surface area contributed by atoms with Gasteiger partial charge in [0.05, 0.1) is 0 Å². The molecule has 0 fully saturated rings. The highest BCUT2D eigenvalue weighted by Gasteiger charge is 1.58. The average molecular weight is 117 g/mol. The van der Waals surface area contributed by atoms with Gasteiger partial charge in [0, 0.05) is 7.05 Å². The van der Waals surface area contributed by atoms with Crippen LogP contribution in [0.3, 0.4) is 0 Å². The molecule has 6 heteroatoms. The predicted molar refractivity (Wildman–Crippen MR) is 25.0 cm³/mol. The molecular formula is C2H7N5O. The molecule has 8 heavy (non-hydrogen) atoms. The van der Waals surface area contributed by atoms with Crippen molar-refractivity contribution in [1.29, 1.82) is 0 Å². The Kier molecular flexibility index (Phi) is 5.23. The van der Waals surface area contributed by atoms with Crippen LogP contribution in [0, 0.1) is 0 Å². The van der Waals surface area contributed by atoms with Crippen LogP contribution in [-0.2, 0) is 0 Å². The number of H-pyrrole nitrogens is 1. The largest absolute Gasteiger partial charge is 0.317 e. The smallest absolute Gasteiger partial charge is 0.135 e. The quantitative estimate of drug-likeness (QED) is 0.371. The van der Waals surface area contributed by atoms with Crippen LogP contribution in [-0.4, -0.2) is 32.9 Å². The number of tetrazole rings is 1. The minimum Gasteiger partial charge on any atom is -0.317 e. The zero-order chi connectivity index (χ0) is 6.24. The maximum absolute atomic E-state index is 7.32. The Morgan fingerprint density at radius 3 is 2.50 bits per heavy atom. The Balaban J connectivity index is 0.000000145. The van der Waals surface area contributed by atoms with Gasteiger partial charge in [-0.25, -0.2) is 10.6 Å². The minimum atomic E-state index is 1.40. The van der Waals surface area contributed by atoms with E-state index in [2.05, 4.69) is 20.6 Å². The summed E-state index contributed by atoms with van der Waals surface area (Å²) < 4.78 is 0. The van der Waals surface area contributed by atoms with Crippen LogP contribution in [0.2, 0.25) is 0 Å². The lowest BCUT2D eigenvalue weighted by Gasteiger charge is -1.60. The molecule has 0 atom stereocenters. The molecule has 6 nitrogen and oxygen atoms in total. The molecule has 0 radical (unpaired) electrons. The summed E-state index contributed by atoms with van der Waals surface area (Å²) in [5.41, 5.74) is 1.75. The van der Waals surface area contributed by atoms with E-state index in [1.54, 1.807) is 5.48 Å². The van der Waals surface area contributed by atoms with Crippen molar-refractivity contribution in [2.45, 2.75) is 0 Å². The second kappa shape index (κ2) is 5.99. The van der Waals surface area contributed by atoms with E-state index in [4.69, 9.17) is 5.21 Å². The highest BCUT2D eigenvalue weighted by Crippen LogP contribution is 1.43. The first-order valence-corrected chi connectivity index (χ1v) is 1.89. The van der Waals surface area contributed by atoms with Gasteiger partial charge < -0.3 is 5.21 Å². The summed E-state index contributed by atoms with van der Waals surface area (Å²) >= 11 is 0. The van der Waals surface area contributed by atoms with Gasteiger partial charge in [0.1, 0.15) is 6.33 Å². The number of nitrogens with zero attached hydrogens (tertiary/aromatic N) is 3. The van der Waals surface area contributed by atoms with E-state index in [0.29, 0.717) is 0 Å². The van der Waals surface area contributed by atoms with Crippen LogP contribution in [0.1, 0.15) is 0 Å². The summed E-state index contributed by atoms with van der Waals surface area (Å²) in [6, 6.07) is 0. The standard InChI is InChI=1S/CH2N4.CH5NO/c1-2-4-5-3-1;1-2-3/h1H,(H,2,3,4,5);2-3H,1H3. The number of aromatic nitrogens is 4. The lowest BCUT2D eigenvalue weighted by atomic mass is 11.4. The number of hydroxylamine groups is 1. The normalized spacial score (nSPS) is 7.25. The van der Waals surface area contributed by atoms with E-state index in [1.807, 2.05) is 0 Å². The second-order valence-electron chi connectivity index (χ2n) is 0.787. The molecule has 0 aromatic carbocycles. The molecule has 0 spiro atoms. The molecular weight excluding hydrogens is 110 g/mol. The van der Waals surface area contributed by atoms with E-state index in [1.165, 1.54) is 13.4 Å². The van der Waals surface area contributed by atoms with Gasteiger partial charge in [-0.3, -0.25) is 0 Å². The third-order valence-electron chi connectivity index (χ3n) is 0.270. The molecule has 1 aromatic heterocycles. The number of hydrogen-bond donors (Lipinski definition) is 3. The van der Waals surface area contributed by atoms with Crippen molar-refractivity contribution >= 4 is 0 Å². The van der Waals surface area contributed by atoms with E-state index in [-0.39, 0.29) is 0 Å². The van der Waals surface area contributed by atoms with Gasteiger partial charge in [-0.1, -0.05) is 0 Å². The number of rotatable bonds is 0. The SMILES string of the molecule is CNO.c1nnn[nH]1. The molecule has 0 unspecified atom stereocenters. The zero-order valence-corrected chi connectivity index (χ0v) is 4.37. The van der Waals surface area contributed by atoms with Crippen molar-refractivity contribution in [3.8, 4) is 0 Å². The highest BCUT2D eigenvalue weighted by molar-refractivity contribution is 4.24. The summed E-state index contributed by atoms with van der Waals surface area (Å²) in [5.74, 6) is 0. The Hall–Kier alpha value is -1.01. The summed E-state index contributed by atoms with van der Waals surface area (Å²) in [7, 11) is 1.43. The first-order chi connectivity index (χ1) is 3.91. The number of nitrogens with one attached hydrogen (secondary N) is 2. The van der Waals surface area contributed by atoms with Gasteiger partial charge >= 0.3 is 0 Å². The van der Waals surface area contributed by atoms with Crippen LogP contribution in [0.25, 0.3) is 0 Å². The van der Waals surface area contributed by atoms with Gasteiger partial charge in [-0.15, -0.1) is 5.10 Å². The van der Waals surface area contributed by atoms with Crippen molar-refractivity contribution in [3.05, 3.63) is 6.33 Å². The lowest BCUT2D eigenvalue weighted by molar-refractivity contribution is 0.194. The molecule has 0 aliphatic heterocycles. The molecule has 46 valence electrons. The van der Waals surface area contributed by atoms with E-state index in [0.717, 1.165) is 0 Å². The third kappa shape index (κ3) is 4.99. The Bertz CT molecular complexity index is 77.3. The molecule has 1 rings (SSSR count). The van der Waals surface area contributed by atoms with Crippen molar-refractivity contribution in [1.82, 2.24) is 26.1 Å². The van der Waals surface area contributed by atoms with E-state index >= 15 is 0 Å². The second-order valence-corrected chi connectivity index (χ2v) is 0.787. The molecule has 0 aliphatic carbocycles. The Morgan fingerprint density at radius 1 is 1.75 bits per heavy atom. The molecule has 1 aromatic rings. The molecule has 0 saturated carbocycles. The molecule has 0 amide bonds. The molecule has 0 bridgehead atoms. The van der Waals surface area contributed by atoms with Crippen molar-refractivity contribution < 1.29 is 5.21 Å². The van der Waals surface area contributed by atoms with Crippen LogP contribution < -0.4 is 5.48 Å². The van der Waals surface area contributed by atoms with Crippen molar-refractivity contribution in [2.24, 2.45) is 0 Å². The maximum Gasteiger partial charge on any atom is 0.135 e. The van der Waals surface area contributed by atoms with Crippen LogP contribution in [0.4, 0.5) is 0 Å². The van der Waals surface area contributed by atoms with Crippen LogP contribution in [0.15, 0.2) is 6.33 Å². The van der Waals surface area contributed by atoms with Gasteiger partial charge in [0.15, 0.2) is 0 Å². The monoisotopic (exact) mass is 117 g/mol. The summed E-state index contributed by atoms with van der Waals surface area (Å²) in [6.45, 7) is 0. The summed E-state index contributed by atoms with van der Waals surface area (Å²) in [6.07, 6.45) is 1.40. The van der Waals surface area contributed by atoms with Gasteiger partial charge in [-0.2, -0.15) is 0 Å². The zero-order valence-electron chi connectivity index (χ0n) is 4.37. The van der Waals surface area contributed by atoms with Crippen molar-refractivity contribution in [2.75, 3.05) is 7.05 Å². The predicted octanol–water partition coefficient (Wildman–Crippen LogP) is -1.21. The Morgan fingerprint density at radius 2 is 2.38 bits per heavy atom. The highest BCUT2D eigenvalue weighted by atomic mass is 16.5.